The van der Waals surface area contributed by atoms with Gasteiger partial charge < -0.3 is 15.4 Å². The lowest BCUT2D eigenvalue weighted by Gasteiger charge is -2.32. The quantitative estimate of drug-likeness (QED) is 0.275. The van der Waals surface area contributed by atoms with E-state index in [0.29, 0.717) is 55.5 Å². The molecule has 1 unspecified atom stereocenters. The molecule has 4 aliphatic rings. The second kappa shape index (κ2) is 13.8. The summed E-state index contributed by atoms with van der Waals surface area (Å²) in [5.74, 6) is -1.30. The normalized spacial score (nSPS) is 21.3. The zero-order valence-corrected chi connectivity index (χ0v) is 28.2. The first-order chi connectivity index (χ1) is 23.7. The molecule has 254 valence electrons. The van der Waals surface area contributed by atoms with Crippen LogP contribution in [0.1, 0.15) is 64.8 Å². The number of nitrogens with zero attached hydrogens (tertiary/aromatic N) is 5. The van der Waals surface area contributed by atoms with E-state index in [4.69, 9.17) is 21.3 Å². The predicted molar refractivity (Wildman–Crippen MR) is 182 cm³/mol. The minimum absolute atomic E-state index is 0.0853. The van der Waals surface area contributed by atoms with E-state index in [1.165, 1.54) is 11.3 Å². The van der Waals surface area contributed by atoms with Crippen LogP contribution < -0.4 is 16.0 Å². The van der Waals surface area contributed by atoms with Crippen LogP contribution in [-0.2, 0) is 20.9 Å². The van der Waals surface area contributed by atoms with Gasteiger partial charge in [0.25, 0.3) is 11.8 Å². The third-order valence-electron chi connectivity index (χ3n) is 9.75. The average molecular weight is 703 g/mol. The van der Waals surface area contributed by atoms with Crippen molar-refractivity contribution in [3.8, 4) is 17.3 Å². The number of thiazole rings is 1. The molecule has 13 nitrogen and oxygen atoms in total. The molecule has 3 aromatic rings. The first-order valence-corrected chi connectivity index (χ1v) is 17.7. The molecule has 0 bridgehead atoms. The molecule has 3 fully saturated rings. The van der Waals surface area contributed by atoms with Gasteiger partial charge in [-0.3, -0.25) is 34.3 Å². The Labute approximate surface area is 292 Å². The number of nitriles is 1. The van der Waals surface area contributed by atoms with Gasteiger partial charge in [0.15, 0.2) is 5.13 Å². The van der Waals surface area contributed by atoms with Gasteiger partial charge in [-0.05, 0) is 55.9 Å². The lowest BCUT2D eigenvalue weighted by atomic mass is 9.82. The highest BCUT2D eigenvalue weighted by Gasteiger charge is 2.44. The van der Waals surface area contributed by atoms with Gasteiger partial charge in [0, 0.05) is 69.0 Å². The van der Waals surface area contributed by atoms with E-state index in [1.54, 1.807) is 18.3 Å². The second-order valence-corrected chi connectivity index (χ2v) is 14.2. The van der Waals surface area contributed by atoms with Gasteiger partial charge in [0.1, 0.15) is 11.9 Å². The highest BCUT2D eigenvalue weighted by Crippen LogP contribution is 2.35. The molecule has 0 saturated carbocycles. The topological polar surface area (TPSA) is 170 Å². The highest BCUT2D eigenvalue weighted by molar-refractivity contribution is 7.14. The molecule has 15 heteroatoms. The first-order valence-electron chi connectivity index (χ1n) is 16.4. The number of aromatic nitrogens is 2. The van der Waals surface area contributed by atoms with E-state index in [-0.39, 0.29) is 24.4 Å². The number of carbonyl (C=O) groups excluding carboxylic acids is 4. The molecule has 6 heterocycles. The Morgan fingerprint density at radius 2 is 1.84 bits per heavy atom. The molecule has 3 N–H and O–H groups in total. The van der Waals surface area contributed by atoms with E-state index >= 15 is 0 Å². The van der Waals surface area contributed by atoms with Gasteiger partial charge in [-0.2, -0.15) is 5.26 Å². The molecular formula is C34H35ClN8O5S. The zero-order chi connectivity index (χ0) is 34.1. The highest BCUT2D eigenvalue weighted by atomic mass is 35.5. The lowest BCUT2D eigenvalue weighted by molar-refractivity contribution is -0.136. The Hall–Kier alpha value is -4.42. The fourth-order valence-corrected chi connectivity index (χ4v) is 7.76. The maximum absolute atomic E-state index is 13.2. The van der Waals surface area contributed by atoms with Crippen LogP contribution in [0.3, 0.4) is 0 Å². The molecule has 2 aromatic heterocycles. The van der Waals surface area contributed by atoms with Gasteiger partial charge in [0.2, 0.25) is 11.8 Å². The van der Waals surface area contributed by atoms with Gasteiger partial charge in [-0.1, -0.05) is 17.7 Å². The van der Waals surface area contributed by atoms with Crippen LogP contribution >= 0.6 is 22.9 Å². The Balaban J connectivity index is 0.932. The Morgan fingerprint density at radius 3 is 2.59 bits per heavy atom. The van der Waals surface area contributed by atoms with Crippen molar-refractivity contribution in [3.05, 3.63) is 57.6 Å². The number of fused-ring (bicyclic) bond motifs is 1. The van der Waals surface area contributed by atoms with Gasteiger partial charge in [-0.25, -0.2) is 9.97 Å². The summed E-state index contributed by atoms with van der Waals surface area (Å²) in [5, 5.41) is 22.1. The van der Waals surface area contributed by atoms with Crippen molar-refractivity contribution in [1.29, 1.82) is 5.26 Å². The fraction of sp³-hybridized carbons (Fsp3) is 0.441. The lowest BCUT2D eigenvalue weighted by Crippen LogP contribution is -2.54. The number of halogens is 1. The third kappa shape index (κ3) is 6.89. The van der Waals surface area contributed by atoms with Crippen molar-refractivity contribution in [2.45, 2.75) is 57.2 Å². The summed E-state index contributed by atoms with van der Waals surface area (Å²) in [6.45, 7) is 3.96. The van der Waals surface area contributed by atoms with Crippen LogP contribution in [0.5, 0.6) is 0 Å². The predicted octanol–water partition coefficient (Wildman–Crippen LogP) is 4.07. The molecule has 49 heavy (non-hydrogen) atoms. The van der Waals surface area contributed by atoms with Crippen molar-refractivity contribution in [2.24, 2.45) is 5.41 Å². The minimum Gasteiger partial charge on any atom is -0.381 e. The Bertz CT molecular complexity index is 1850. The van der Waals surface area contributed by atoms with Gasteiger partial charge >= 0.3 is 0 Å². The van der Waals surface area contributed by atoms with Crippen LogP contribution in [0, 0.1) is 16.7 Å². The SMILES string of the molecule is N#CC1(CNc2nc(-c3cc(NC4CCN(Cc5ccc6c(c5)C(=O)N(C5CCC(=O)NC5=O)C6=O)CC4)ncc3Cl)cs2)CCOCC1. The maximum Gasteiger partial charge on any atom is 0.262 e. The van der Waals surface area contributed by atoms with Crippen LogP contribution in [0.25, 0.3) is 11.3 Å². The van der Waals surface area contributed by atoms with Crippen molar-refractivity contribution in [1.82, 2.24) is 25.1 Å². The van der Waals surface area contributed by atoms with E-state index < -0.39 is 35.1 Å². The number of carbonyl (C=O) groups is 4. The summed E-state index contributed by atoms with van der Waals surface area (Å²) >= 11 is 8.03. The third-order valence-corrected chi connectivity index (χ3v) is 10.9. The fourth-order valence-electron chi connectivity index (χ4n) is 6.85. The second-order valence-electron chi connectivity index (χ2n) is 13.0. The molecule has 4 amide bonds. The molecule has 0 spiro atoms. The largest absolute Gasteiger partial charge is 0.381 e. The number of amides is 4. The number of ether oxygens (including phenoxy) is 1. The van der Waals surface area contributed by atoms with E-state index in [9.17, 15) is 24.4 Å². The molecular weight excluding hydrogens is 668 g/mol. The summed E-state index contributed by atoms with van der Waals surface area (Å²) in [4.78, 5) is 62.8. The number of hydrogen-bond acceptors (Lipinski definition) is 12. The van der Waals surface area contributed by atoms with E-state index in [1.807, 2.05) is 17.5 Å². The Kier molecular flexibility index (Phi) is 9.34. The molecule has 0 aliphatic carbocycles. The maximum atomic E-state index is 13.2. The number of piperidine rings is 2. The molecule has 1 atom stereocenters. The number of hydrogen-bond donors (Lipinski definition) is 3. The first kappa shape index (κ1) is 33.1. The van der Waals surface area contributed by atoms with Crippen LogP contribution in [-0.4, -0.2) is 88.3 Å². The number of imide groups is 2. The van der Waals surface area contributed by atoms with Crippen LogP contribution in [0.15, 0.2) is 35.8 Å². The Morgan fingerprint density at radius 1 is 1.06 bits per heavy atom. The molecule has 7 rings (SSSR count). The molecule has 0 radical (unpaired) electrons. The summed E-state index contributed by atoms with van der Waals surface area (Å²) in [6, 6.07) is 8.87. The number of anilines is 2. The molecule has 3 saturated heterocycles. The minimum atomic E-state index is -0.979. The van der Waals surface area contributed by atoms with Crippen molar-refractivity contribution in [3.63, 3.8) is 0 Å². The number of benzene rings is 1. The summed E-state index contributed by atoms with van der Waals surface area (Å²) < 4.78 is 5.43. The monoisotopic (exact) mass is 702 g/mol. The summed E-state index contributed by atoms with van der Waals surface area (Å²) in [6.07, 6.45) is 5.00. The average Bonchev–Trinajstić information content (AvgIpc) is 3.68. The number of pyridine rings is 1. The van der Waals surface area contributed by atoms with E-state index in [2.05, 4.69) is 31.9 Å². The van der Waals surface area contributed by atoms with Gasteiger partial charge in [0.05, 0.1) is 33.3 Å². The van der Waals surface area contributed by atoms with Crippen molar-refractivity contribution >= 4 is 57.5 Å². The standard InChI is InChI=1S/C34H35ClN8O5S/c35-25-15-37-28(14-24(25)26-17-49-33(40-26)38-19-34(18-36)7-11-48-12-8-34)39-21-5-9-42(10-6-21)16-20-1-2-22-23(13-20)32(47)43(31(22)46)27-3-4-29(44)41-30(27)45/h1-2,13-15,17,21,27H,3-12,16,19H2,(H,37,39)(H,38,40)(H,41,44,45). The summed E-state index contributed by atoms with van der Waals surface area (Å²) in [5.41, 5.74) is 2.55. The number of nitrogens with one attached hydrogen (secondary N) is 3. The number of rotatable bonds is 9. The molecule has 4 aliphatic heterocycles. The smallest absolute Gasteiger partial charge is 0.262 e. The van der Waals surface area contributed by atoms with Crippen LogP contribution in [0.2, 0.25) is 5.02 Å². The molecule has 1 aromatic carbocycles. The van der Waals surface area contributed by atoms with Crippen LogP contribution in [0.4, 0.5) is 10.9 Å². The van der Waals surface area contributed by atoms with Crippen molar-refractivity contribution in [2.75, 3.05) is 43.5 Å². The van der Waals surface area contributed by atoms with Crippen molar-refractivity contribution < 1.29 is 23.9 Å². The summed E-state index contributed by atoms with van der Waals surface area (Å²) in [7, 11) is 0. The van der Waals surface area contributed by atoms with E-state index in [0.717, 1.165) is 52.8 Å². The zero-order valence-electron chi connectivity index (χ0n) is 26.7. The van der Waals surface area contributed by atoms with Gasteiger partial charge in [-0.15, -0.1) is 11.3 Å². The number of likely N-dealkylation sites (tertiary alicyclic amines) is 1.